The SMILES string of the molecule is Cc1csc(CCNc2ccc(S(N)(=O)=O)c(N)c2)n1. The lowest BCUT2D eigenvalue weighted by molar-refractivity contribution is 0.598. The quantitative estimate of drug-likeness (QED) is 0.721. The van der Waals surface area contributed by atoms with E-state index < -0.39 is 10.0 Å². The van der Waals surface area contributed by atoms with Crippen molar-refractivity contribution < 1.29 is 8.42 Å². The number of nitrogens with one attached hydrogen (secondary N) is 1. The first-order chi connectivity index (χ1) is 9.36. The number of aromatic nitrogens is 1. The first kappa shape index (κ1) is 14.8. The molecule has 1 heterocycles. The lowest BCUT2D eigenvalue weighted by Crippen LogP contribution is -2.14. The Morgan fingerprint density at radius 2 is 2.15 bits per heavy atom. The number of aryl methyl sites for hydroxylation is 1. The molecule has 0 fully saturated rings. The predicted octanol–water partition coefficient (Wildman–Crippen LogP) is 1.34. The molecule has 0 aliphatic carbocycles. The van der Waals surface area contributed by atoms with Crippen LogP contribution in [0.15, 0.2) is 28.5 Å². The summed E-state index contributed by atoms with van der Waals surface area (Å²) < 4.78 is 22.5. The molecule has 0 saturated heterocycles. The number of thiazole rings is 1. The summed E-state index contributed by atoms with van der Waals surface area (Å²) in [7, 11) is -3.77. The van der Waals surface area contributed by atoms with Crippen LogP contribution in [0, 0.1) is 6.92 Å². The molecule has 1 aromatic carbocycles. The van der Waals surface area contributed by atoms with Gasteiger partial charge in [0.1, 0.15) is 4.90 Å². The topological polar surface area (TPSA) is 111 Å². The minimum absolute atomic E-state index is 0.0569. The molecule has 6 nitrogen and oxygen atoms in total. The van der Waals surface area contributed by atoms with Crippen molar-refractivity contribution in [1.82, 2.24) is 4.98 Å². The van der Waals surface area contributed by atoms with Crippen molar-refractivity contribution in [2.45, 2.75) is 18.2 Å². The predicted molar refractivity (Wildman–Crippen MR) is 81.3 cm³/mol. The van der Waals surface area contributed by atoms with Crippen molar-refractivity contribution in [3.8, 4) is 0 Å². The molecule has 0 radical (unpaired) electrons. The van der Waals surface area contributed by atoms with Crippen LogP contribution in [-0.2, 0) is 16.4 Å². The van der Waals surface area contributed by atoms with Crippen molar-refractivity contribution >= 4 is 32.7 Å². The number of hydrogen-bond donors (Lipinski definition) is 3. The summed E-state index contributed by atoms with van der Waals surface area (Å²) in [4.78, 5) is 4.31. The molecule has 0 atom stereocenters. The highest BCUT2D eigenvalue weighted by Crippen LogP contribution is 2.21. The second-order valence-electron chi connectivity index (χ2n) is 4.36. The van der Waals surface area contributed by atoms with E-state index in [0.29, 0.717) is 6.54 Å². The molecule has 0 amide bonds. The van der Waals surface area contributed by atoms with Crippen LogP contribution in [-0.4, -0.2) is 19.9 Å². The molecule has 0 aliphatic rings. The van der Waals surface area contributed by atoms with Crippen LogP contribution in [0.25, 0.3) is 0 Å². The van der Waals surface area contributed by atoms with Crippen molar-refractivity contribution in [1.29, 1.82) is 0 Å². The molecule has 5 N–H and O–H groups in total. The Kier molecular flexibility index (Phi) is 4.26. The number of nitrogens with zero attached hydrogens (tertiary/aromatic N) is 1. The van der Waals surface area contributed by atoms with Gasteiger partial charge in [0.15, 0.2) is 0 Å². The zero-order chi connectivity index (χ0) is 14.8. The molecule has 2 rings (SSSR count). The van der Waals surface area contributed by atoms with Crippen LogP contribution in [0.4, 0.5) is 11.4 Å². The lowest BCUT2D eigenvalue weighted by atomic mass is 10.2. The van der Waals surface area contributed by atoms with Gasteiger partial charge in [-0.25, -0.2) is 18.5 Å². The largest absolute Gasteiger partial charge is 0.398 e. The number of hydrogen-bond acceptors (Lipinski definition) is 6. The summed E-state index contributed by atoms with van der Waals surface area (Å²) in [5.41, 5.74) is 7.60. The van der Waals surface area contributed by atoms with Crippen LogP contribution in [0.5, 0.6) is 0 Å². The zero-order valence-corrected chi connectivity index (χ0v) is 12.6. The van der Waals surface area contributed by atoms with E-state index in [1.165, 1.54) is 6.07 Å². The van der Waals surface area contributed by atoms with Gasteiger partial charge in [-0.1, -0.05) is 0 Å². The van der Waals surface area contributed by atoms with E-state index in [1.54, 1.807) is 23.5 Å². The Balaban J connectivity index is 1.99. The van der Waals surface area contributed by atoms with Crippen molar-refractivity contribution in [3.05, 3.63) is 34.3 Å². The summed E-state index contributed by atoms with van der Waals surface area (Å²) in [6.07, 6.45) is 0.801. The van der Waals surface area contributed by atoms with Gasteiger partial charge in [0.2, 0.25) is 10.0 Å². The van der Waals surface area contributed by atoms with Gasteiger partial charge in [0.05, 0.1) is 10.7 Å². The van der Waals surface area contributed by atoms with E-state index in [1.807, 2.05) is 12.3 Å². The van der Waals surface area contributed by atoms with Crippen molar-refractivity contribution in [2.75, 3.05) is 17.6 Å². The summed E-state index contributed by atoms with van der Waals surface area (Å²) in [5, 5.41) is 11.3. The third-order valence-electron chi connectivity index (χ3n) is 2.65. The third-order valence-corrected chi connectivity index (χ3v) is 4.66. The minimum Gasteiger partial charge on any atom is -0.398 e. The molecule has 8 heteroatoms. The van der Waals surface area contributed by atoms with Gasteiger partial charge in [-0.3, -0.25) is 0 Å². The van der Waals surface area contributed by atoms with E-state index in [-0.39, 0.29) is 10.6 Å². The molecule has 0 aliphatic heterocycles. The Labute approximate surface area is 121 Å². The van der Waals surface area contributed by atoms with Crippen LogP contribution in [0.1, 0.15) is 10.7 Å². The molecule has 108 valence electrons. The number of rotatable bonds is 5. The number of nitrogens with two attached hydrogens (primary N) is 2. The van der Waals surface area contributed by atoms with Crippen LogP contribution in [0.2, 0.25) is 0 Å². The maximum atomic E-state index is 11.2. The highest BCUT2D eigenvalue weighted by Gasteiger charge is 2.12. The molecule has 0 saturated carbocycles. The van der Waals surface area contributed by atoms with E-state index >= 15 is 0 Å². The van der Waals surface area contributed by atoms with Crippen LogP contribution < -0.4 is 16.2 Å². The Bertz CT molecular complexity index is 710. The highest BCUT2D eigenvalue weighted by molar-refractivity contribution is 7.89. The second kappa shape index (κ2) is 5.78. The number of sulfonamides is 1. The normalized spacial score (nSPS) is 11.5. The number of benzene rings is 1. The van der Waals surface area contributed by atoms with Gasteiger partial charge in [0.25, 0.3) is 0 Å². The van der Waals surface area contributed by atoms with E-state index in [0.717, 1.165) is 22.8 Å². The van der Waals surface area contributed by atoms with Crippen molar-refractivity contribution in [3.63, 3.8) is 0 Å². The second-order valence-corrected chi connectivity index (χ2v) is 6.83. The number of anilines is 2. The Hall–Kier alpha value is -1.64. The summed E-state index contributed by atoms with van der Waals surface area (Å²) in [6.45, 7) is 2.65. The van der Waals surface area contributed by atoms with E-state index in [4.69, 9.17) is 10.9 Å². The smallest absolute Gasteiger partial charge is 0.240 e. The molecule has 0 unspecified atom stereocenters. The first-order valence-corrected chi connectivity index (χ1v) is 8.36. The van der Waals surface area contributed by atoms with Gasteiger partial charge in [0, 0.05) is 29.7 Å². The van der Waals surface area contributed by atoms with Gasteiger partial charge < -0.3 is 11.1 Å². The fourth-order valence-electron chi connectivity index (χ4n) is 1.75. The maximum Gasteiger partial charge on any atom is 0.240 e. The Morgan fingerprint density at radius 3 is 2.70 bits per heavy atom. The van der Waals surface area contributed by atoms with Gasteiger partial charge >= 0.3 is 0 Å². The first-order valence-electron chi connectivity index (χ1n) is 5.93. The molecular weight excluding hydrogens is 296 g/mol. The number of primary sulfonamides is 1. The third kappa shape index (κ3) is 3.69. The number of nitrogen functional groups attached to an aromatic ring is 1. The lowest BCUT2D eigenvalue weighted by Gasteiger charge is -2.08. The zero-order valence-electron chi connectivity index (χ0n) is 11.0. The maximum absolute atomic E-state index is 11.2. The van der Waals surface area contributed by atoms with Crippen LogP contribution in [0.3, 0.4) is 0 Å². The van der Waals surface area contributed by atoms with E-state index in [2.05, 4.69) is 10.3 Å². The highest BCUT2D eigenvalue weighted by atomic mass is 32.2. The van der Waals surface area contributed by atoms with Crippen LogP contribution >= 0.6 is 11.3 Å². The average Bonchev–Trinajstić information content (AvgIpc) is 2.73. The molecule has 0 spiro atoms. The molecule has 2 aromatic rings. The van der Waals surface area contributed by atoms with Crippen molar-refractivity contribution in [2.24, 2.45) is 5.14 Å². The van der Waals surface area contributed by atoms with Gasteiger partial charge in [-0.15, -0.1) is 11.3 Å². The summed E-state index contributed by atoms with van der Waals surface area (Å²) >= 11 is 1.62. The molecular formula is C12H16N4O2S2. The summed E-state index contributed by atoms with van der Waals surface area (Å²) in [5.74, 6) is 0. The minimum atomic E-state index is -3.77. The van der Waals surface area contributed by atoms with Gasteiger partial charge in [-0.05, 0) is 25.1 Å². The standard InChI is InChI=1S/C12H16N4O2S2/c1-8-7-19-12(16-8)4-5-15-9-2-3-11(10(13)6-9)20(14,17)18/h2-3,6-7,15H,4-5,13H2,1H3,(H2,14,17,18). The Morgan fingerprint density at radius 1 is 1.40 bits per heavy atom. The fraction of sp³-hybridized carbons (Fsp3) is 0.250. The molecule has 0 bridgehead atoms. The molecule has 1 aromatic heterocycles. The molecule has 20 heavy (non-hydrogen) atoms. The monoisotopic (exact) mass is 312 g/mol. The summed E-state index contributed by atoms with van der Waals surface area (Å²) in [6, 6.07) is 4.61. The fourth-order valence-corrected chi connectivity index (χ4v) is 3.17. The van der Waals surface area contributed by atoms with Gasteiger partial charge in [-0.2, -0.15) is 0 Å². The van der Waals surface area contributed by atoms with E-state index in [9.17, 15) is 8.42 Å². The average molecular weight is 312 g/mol.